The quantitative estimate of drug-likeness (QED) is 0.406. The first kappa shape index (κ1) is 20.4. The van der Waals surface area contributed by atoms with Crippen molar-refractivity contribution < 1.29 is 9.21 Å². The van der Waals surface area contributed by atoms with Crippen molar-refractivity contribution in [3.8, 4) is 17.3 Å². The number of aromatic nitrogens is 6. The number of hydrogen-bond acceptors (Lipinski definition) is 9. The molecule has 0 radical (unpaired) electrons. The molecule has 6 rings (SSSR count). The van der Waals surface area contributed by atoms with Crippen LogP contribution in [0.1, 0.15) is 11.1 Å². The predicted octanol–water partition coefficient (Wildman–Crippen LogP) is 2.94. The Morgan fingerprint density at radius 2 is 1.80 bits per heavy atom. The van der Waals surface area contributed by atoms with Gasteiger partial charge in [-0.25, -0.2) is 19.6 Å². The van der Waals surface area contributed by atoms with Crippen molar-refractivity contribution in [2.45, 2.75) is 6.17 Å². The molecule has 170 valence electrons. The first-order valence-corrected chi connectivity index (χ1v) is 10.7. The Kier molecular flexibility index (Phi) is 5.04. The van der Waals surface area contributed by atoms with Gasteiger partial charge >= 0.3 is 6.01 Å². The van der Waals surface area contributed by atoms with E-state index < -0.39 is 6.17 Å². The molecule has 0 aliphatic carbocycles. The minimum atomic E-state index is -0.987. The number of nitrogens with one attached hydrogen (secondary N) is 2. The van der Waals surface area contributed by atoms with Crippen LogP contribution in [0.3, 0.4) is 0 Å². The Bertz CT molecular complexity index is 1510. The van der Waals surface area contributed by atoms with Crippen LogP contribution >= 0.6 is 0 Å². The SMILES string of the molecule is O=C1Nc2ccccc2C(c2ccccc2)=NC1Nc1nnc(-c2ccc(-n3cncn3)nc2)o1. The lowest BCUT2D eigenvalue weighted by molar-refractivity contribution is -0.116. The molecule has 1 aliphatic rings. The van der Waals surface area contributed by atoms with Crippen LogP contribution in [0.4, 0.5) is 11.7 Å². The molecule has 0 fully saturated rings. The van der Waals surface area contributed by atoms with E-state index in [4.69, 9.17) is 9.41 Å². The fraction of sp³-hybridized carbons (Fsp3) is 0.0417. The van der Waals surface area contributed by atoms with E-state index in [0.29, 0.717) is 22.8 Å². The topological polar surface area (TPSA) is 136 Å². The molecule has 1 aliphatic heterocycles. The zero-order valence-corrected chi connectivity index (χ0v) is 18.1. The third kappa shape index (κ3) is 4.02. The van der Waals surface area contributed by atoms with Crippen molar-refractivity contribution in [2.75, 3.05) is 10.6 Å². The number of nitrogens with zero attached hydrogens (tertiary/aromatic N) is 7. The zero-order valence-electron chi connectivity index (χ0n) is 18.1. The maximum absolute atomic E-state index is 13.0. The number of hydrogen-bond donors (Lipinski definition) is 2. The average Bonchev–Trinajstić information content (AvgIpc) is 3.58. The Balaban J connectivity index is 1.29. The van der Waals surface area contributed by atoms with Crippen LogP contribution in [-0.2, 0) is 4.79 Å². The number of fused-ring (bicyclic) bond motifs is 1. The molecular formula is C24H17N9O2. The largest absolute Gasteiger partial charge is 0.403 e. The monoisotopic (exact) mass is 463 g/mol. The van der Waals surface area contributed by atoms with Crippen LogP contribution in [0.2, 0.25) is 0 Å². The minimum absolute atomic E-state index is 0.0580. The standard InChI is InChI=1S/C24H17N9O2/c34-22-21(29-20(15-6-2-1-3-7-15)17-8-4-5-9-18(17)28-22)30-24-32-31-23(35-24)16-10-11-19(26-12-16)33-14-25-13-27-33/h1-14,21H,(H,28,34)(H,30,32). The number of rotatable bonds is 5. The lowest BCUT2D eigenvalue weighted by Gasteiger charge is -2.11. The second kappa shape index (κ2) is 8.63. The van der Waals surface area contributed by atoms with Gasteiger partial charge in [0, 0.05) is 17.3 Å². The van der Waals surface area contributed by atoms with Gasteiger partial charge in [0.25, 0.3) is 11.8 Å². The summed E-state index contributed by atoms with van der Waals surface area (Å²) in [5.41, 5.74) is 3.66. The molecule has 0 saturated carbocycles. The number of carbonyl (C=O) groups excluding carboxylic acids is 1. The summed E-state index contributed by atoms with van der Waals surface area (Å²) in [6.07, 6.45) is 3.59. The van der Waals surface area contributed by atoms with Crippen LogP contribution < -0.4 is 10.6 Å². The van der Waals surface area contributed by atoms with Crippen LogP contribution in [0.15, 0.2) is 95.0 Å². The van der Waals surface area contributed by atoms with E-state index in [9.17, 15) is 4.79 Å². The number of benzodiazepines with no additional fused rings is 1. The molecule has 4 heterocycles. The van der Waals surface area contributed by atoms with Gasteiger partial charge in [-0.3, -0.25) is 4.79 Å². The third-order valence-electron chi connectivity index (χ3n) is 5.33. The van der Waals surface area contributed by atoms with Crippen LogP contribution in [0, 0.1) is 0 Å². The van der Waals surface area contributed by atoms with Gasteiger partial charge in [-0.15, -0.1) is 5.10 Å². The molecule has 35 heavy (non-hydrogen) atoms. The number of pyridine rings is 1. The Morgan fingerprint density at radius 1 is 0.943 bits per heavy atom. The first-order chi connectivity index (χ1) is 17.2. The molecule has 2 aromatic carbocycles. The molecule has 5 aromatic rings. The van der Waals surface area contributed by atoms with Crippen molar-refractivity contribution in [3.05, 3.63) is 96.7 Å². The fourth-order valence-electron chi connectivity index (χ4n) is 3.67. The maximum atomic E-state index is 13.0. The third-order valence-corrected chi connectivity index (χ3v) is 5.33. The second-order valence-electron chi connectivity index (χ2n) is 7.58. The highest BCUT2D eigenvalue weighted by atomic mass is 16.4. The molecule has 2 N–H and O–H groups in total. The number of anilines is 2. The fourth-order valence-corrected chi connectivity index (χ4v) is 3.67. The summed E-state index contributed by atoms with van der Waals surface area (Å²) in [6.45, 7) is 0. The van der Waals surface area contributed by atoms with Crippen LogP contribution in [0.25, 0.3) is 17.3 Å². The van der Waals surface area contributed by atoms with Gasteiger partial charge in [0.1, 0.15) is 12.7 Å². The highest BCUT2D eigenvalue weighted by Crippen LogP contribution is 2.25. The lowest BCUT2D eigenvalue weighted by atomic mass is 10.0. The molecule has 0 saturated heterocycles. The van der Waals surface area contributed by atoms with Crippen molar-refractivity contribution in [1.82, 2.24) is 29.9 Å². The van der Waals surface area contributed by atoms with E-state index in [0.717, 1.165) is 11.1 Å². The van der Waals surface area contributed by atoms with Crippen molar-refractivity contribution in [1.29, 1.82) is 0 Å². The van der Waals surface area contributed by atoms with Gasteiger partial charge in [0.2, 0.25) is 6.17 Å². The average molecular weight is 463 g/mol. The Morgan fingerprint density at radius 3 is 2.60 bits per heavy atom. The summed E-state index contributed by atoms with van der Waals surface area (Å²) < 4.78 is 7.29. The summed E-state index contributed by atoms with van der Waals surface area (Å²) >= 11 is 0. The number of para-hydroxylation sites is 1. The molecule has 1 unspecified atom stereocenters. The van der Waals surface area contributed by atoms with Crippen LogP contribution in [0.5, 0.6) is 0 Å². The van der Waals surface area contributed by atoms with Gasteiger partial charge in [0.05, 0.1) is 17.0 Å². The van der Waals surface area contributed by atoms with Gasteiger partial charge in [-0.05, 0) is 18.2 Å². The molecule has 0 bridgehead atoms. The van der Waals surface area contributed by atoms with E-state index in [1.54, 1.807) is 24.7 Å². The summed E-state index contributed by atoms with van der Waals surface area (Å²) in [5.74, 6) is 0.498. The smallest absolute Gasteiger partial charge is 0.317 e. The highest BCUT2D eigenvalue weighted by Gasteiger charge is 2.27. The summed E-state index contributed by atoms with van der Waals surface area (Å²) in [5, 5.41) is 18.0. The predicted molar refractivity (Wildman–Crippen MR) is 127 cm³/mol. The van der Waals surface area contributed by atoms with Crippen molar-refractivity contribution >= 4 is 23.3 Å². The van der Waals surface area contributed by atoms with Crippen LogP contribution in [-0.4, -0.2) is 47.7 Å². The molecule has 1 amide bonds. The van der Waals surface area contributed by atoms with E-state index >= 15 is 0 Å². The molecule has 11 nitrogen and oxygen atoms in total. The summed E-state index contributed by atoms with van der Waals surface area (Å²) in [6, 6.07) is 20.8. The van der Waals surface area contributed by atoms with Gasteiger partial charge in [-0.1, -0.05) is 53.6 Å². The number of carbonyl (C=O) groups is 1. The second-order valence-corrected chi connectivity index (χ2v) is 7.58. The number of amides is 1. The van der Waals surface area contributed by atoms with Gasteiger partial charge < -0.3 is 15.1 Å². The van der Waals surface area contributed by atoms with E-state index in [-0.39, 0.29) is 17.8 Å². The zero-order chi connectivity index (χ0) is 23.6. The highest BCUT2D eigenvalue weighted by molar-refractivity contribution is 6.19. The minimum Gasteiger partial charge on any atom is -0.403 e. The molecule has 0 spiro atoms. The Labute approximate surface area is 198 Å². The van der Waals surface area contributed by atoms with Crippen molar-refractivity contribution in [2.24, 2.45) is 4.99 Å². The molecule has 3 aromatic heterocycles. The molecular weight excluding hydrogens is 446 g/mol. The normalized spacial score (nSPS) is 15.0. The molecule has 11 heteroatoms. The number of benzene rings is 2. The summed E-state index contributed by atoms with van der Waals surface area (Å²) in [7, 11) is 0. The van der Waals surface area contributed by atoms with Crippen molar-refractivity contribution in [3.63, 3.8) is 0 Å². The van der Waals surface area contributed by atoms with E-state index in [2.05, 4.69) is 35.9 Å². The summed E-state index contributed by atoms with van der Waals surface area (Å²) in [4.78, 5) is 26.0. The van der Waals surface area contributed by atoms with Gasteiger partial charge in [0.15, 0.2) is 5.82 Å². The first-order valence-electron chi connectivity index (χ1n) is 10.7. The van der Waals surface area contributed by atoms with Gasteiger partial charge in [-0.2, -0.15) is 5.10 Å². The number of aliphatic imine (C=N–C) groups is 1. The lowest BCUT2D eigenvalue weighted by Crippen LogP contribution is -2.32. The molecule has 1 atom stereocenters. The van der Waals surface area contributed by atoms with E-state index in [1.165, 1.54) is 11.0 Å². The van der Waals surface area contributed by atoms with E-state index in [1.807, 2.05) is 54.6 Å². The Hall–Kier alpha value is -5.19. The maximum Gasteiger partial charge on any atom is 0.317 e.